The summed E-state index contributed by atoms with van der Waals surface area (Å²) in [6.07, 6.45) is 2.03. The highest BCUT2D eigenvalue weighted by Gasteiger charge is 2.23. The number of aromatic hydroxyl groups is 1. The van der Waals surface area contributed by atoms with Crippen molar-refractivity contribution in [2.75, 3.05) is 6.54 Å². The van der Waals surface area contributed by atoms with E-state index in [-0.39, 0.29) is 29.8 Å². The third kappa shape index (κ3) is 3.21. The normalized spacial score (nSPS) is 14.1. The van der Waals surface area contributed by atoms with E-state index in [1.165, 1.54) is 12.1 Å². The van der Waals surface area contributed by atoms with Gasteiger partial charge in [0.1, 0.15) is 5.75 Å². The van der Waals surface area contributed by atoms with Crippen LogP contribution in [0.2, 0.25) is 0 Å². The molecule has 1 saturated carbocycles. The molecule has 1 fully saturated rings. The number of nitrogens with one attached hydrogen (secondary N) is 2. The van der Waals surface area contributed by atoms with E-state index in [1.54, 1.807) is 12.1 Å². The van der Waals surface area contributed by atoms with Gasteiger partial charge in [-0.05, 0) is 25.0 Å². The van der Waals surface area contributed by atoms with Crippen molar-refractivity contribution in [1.82, 2.24) is 10.6 Å². The Kier molecular flexibility index (Phi) is 3.27. The van der Waals surface area contributed by atoms with E-state index in [0.717, 1.165) is 12.8 Å². The summed E-state index contributed by atoms with van der Waals surface area (Å²) in [4.78, 5) is 22.9. The molecule has 0 radical (unpaired) electrons. The smallest absolute Gasteiger partial charge is 0.255 e. The summed E-state index contributed by atoms with van der Waals surface area (Å²) >= 11 is 0. The molecule has 1 aromatic rings. The Balaban J connectivity index is 1.84. The average molecular weight is 234 g/mol. The summed E-state index contributed by atoms with van der Waals surface area (Å²) in [6.45, 7) is -0.0658. The number of hydrogen-bond donors (Lipinski definition) is 3. The van der Waals surface area contributed by atoms with Crippen molar-refractivity contribution in [1.29, 1.82) is 0 Å². The van der Waals surface area contributed by atoms with Crippen LogP contribution in [0.5, 0.6) is 5.75 Å². The molecule has 1 aliphatic carbocycles. The fourth-order valence-electron chi connectivity index (χ4n) is 1.43. The summed E-state index contributed by atoms with van der Waals surface area (Å²) in [5.41, 5.74) is 0.173. The lowest BCUT2D eigenvalue weighted by Gasteiger charge is -2.06. The molecule has 0 heterocycles. The number of phenolic OH excluding ortho intramolecular Hbond substituents is 1. The zero-order valence-corrected chi connectivity index (χ0v) is 9.27. The maximum Gasteiger partial charge on any atom is 0.255 e. The molecule has 0 saturated heterocycles. The van der Waals surface area contributed by atoms with Crippen LogP contribution in [0.15, 0.2) is 24.3 Å². The van der Waals surface area contributed by atoms with Crippen LogP contribution in [-0.2, 0) is 4.79 Å². The van der Waals surface area contributed by atoms with Crippen molar-refractivity contribution >= 4 is 11.8 Å². The number of amides is 2. The second-order valence-electron chi connectivity index (χ2n) is 4.04. The third-order valence-corrected chi connectivity index (χ3v) is 2.50. The topological polar surface area (TPSA) is 78.4 Å². The van der Waals surface area contributed by atoms with Crippen LogP contribution in [0.3, 0.4) is 0 Å². The molecule has 2 amide bonds. The first-order chi connectivity index (χ1) is 8.16. The molecule has 17 heavy (non-hydrogen) atoms. The van der Waals surface area contributed by atoms with E-state index >= 15 is 0 Å². The van der Waals surface area contributed by atoms with Crippen molar-refractivity contribution in [2.24, 2.45) is 0 Å². The van der Waals surface area contributed by atoms with Crippen molar-refractivity contribution < 1.29 is 14.7 Å². The number of phenols is 1. The standard InChI is InChI=1S/C12H14N2O3/c15-10-4-2-1-3-9(10)12(17)13-7-11(16)14-8-5-6-8/h1-4,8,15H,5-7H2,(H,13,17)(H,14,16). The van der Waals surface area contributed by atoms with Gasteiger partial charge in [0.15, 0.2) is 0 Å². The Hall–Kier alpha value is -2.04. The first-order valence-electron chi connectivity index (χ1n) is 5.52. The molecule has 90 valence electrons. The van der Waals surface area contributed by atoms with Crippen LogP contribution in [0.1, 0.15) is 23.2 Å². The van der Waals surface area contributed by atoms with Gasteiger partial charge >= 0.3 is 0 Å². The van der Waals surface area contributed by atoms with Crippen LogP contribution < -0.4 is 10.6 Å². The number of carbonyl (C=O) groups is 2. The van der Waals surface area contributed by atoms with Gasteiger partial charge in [0.25, 0.3) is 5.91 Å². The highest BCUT2D eigenvalue weighted by Crippen LogP contribution is 2.18. The minimum Gasteiger partial charge on any atom is -0.507 e. The van der Waals surface area contributed by atoms with Crippen LogP contribution in [0.4, 0.5) is 0 Å². The SMILES string of the molecule is O=C(CNC(=O)c1ccccc1O)NC1CC1. The van der Waals surface area contributed by atoms with Gasteiger partial charge in [0.2, 0.25) is 5.91 Å². The summed E-state index contributed by atoms with van der Waals surface area (Å²) in [7, 11) is 0. The van der Waals surface area contributed by atoms with Gasteiger partial charge in [-0.25, -0.2) is 0 Å². The minimum atomic E-state index is -0.450. The fourth-order valence-corrected chi connectivity index (χ4v) is 1.43. The summed E-state index contributed by atoms with van der Waals surface area (Å²) in [5, 5.41) is 14.7. The molecule has 0 bridgehead atoms. The van der Waals surface area contributed by atoms with E-state index in [0.29, 0.717) is 0 Å². The van der Waals surface area contributed by atoms with E-state index in [1.807, 2.05) is 0 Å². The Morgan fingerprint density at radius 1 is 1.29 bits per heavy atom. The predicted octanol–water partition coefficient (Wildman–Crippen LogP) is 0.401. The molecular weight excluding hydrogens is 220 g/mol. The minimum absolute atomic E-state index is 0.0658. The highest BCUT2D eigenvalue weighted by molar-refractivity contribution is 5.98. The molecule has 0 spiro atoms. The Bertz CT molecular complexity index is 441. The number of hydrogen-bond acceptors (Lipinski definition) is 3. The van der Waals surface area contributed by atoms with Crippen molar-refractivity contribution in [2.45, 2.75) is 18.9 Å². The largest absolute Gasteiger partial charge is 0.507 e. The summed E-state index contributed by atoms with van der Waals surface area (Å²) in [5.74, 6) is -0.738. The number of rotatable bonds is 4. The Labute approximate surface area is 98.8 Å². The molecule has 5 nitrogen and oxygen atoms in total. The average Bonchev–Trinajstić information content (AvgIpc) is 3.10. The van der Waals surface area contributed by atoms with Crippen molar-refractivity contribution in [3.63, 3.8) is 0 Å². The van der Waals surface area contributed by atoms with Gasteiger partial charge in [0.05, 0.1) is 12.1 Å². The van der Waals surface area contributed by atoms with E-state index < -0.39 is 5.91 Å². The first-order valence-corrected chi connectivity index (χ1v) is 5.52. The van der Waals surface area contributed by atoms with Gasteiger partial charge in [-0.1, -0.05) is 12.1 Å². The lowest BCUT2D eigenvalue weighted by atomic mass is 10.2. The second kappa shape index (κ2) is 4.86. The van der Waals surface area contributed by atoms with E-state index in [9.17, 15) is 14.7 Å². The molecule has 1 aromatic carbocycles. The maximum atomic E-state index is 11.6. The van der Waals surface area contributed by atoms with Crippen LogP contribution in [0, 0.1) is 0 Å². The third-order valence-electron chi connectivity index (χ3n) is 2.50. The lowest BCUT2D eigenvalue weighted by Crippen LogP contribution is -2.37. The van der Waals surface area contributed by atoms with Crippen LogP contribution in [0.25, 0.3) is 0 Å². The van der Waals surface area contributed by atoms with Crippen molar-refractivity contribution in [3.8, 4) is 5.75 Å². The Morgan fingerprint density at radius 2 is 2.00 bits per heavy atom. The molecule has 2 rings (SSSR count). The fraction of sp³-hybridized carbons (Fsp3) is 0.333. The second-order valence-corrected chi connectivity index (χ2v) is 4.04. The van der Waals surface area contributed by atoms with E-state index in [4.69, 9.17) is 0 Å². The summed E-state index contributed by atoms with van der Waals surface area (Å²) < 4.78 is 0. The molecule has 0 unspecified atom stereocenters. The van der Waals surface area contributed by atoms with Gasteiger partial charge in [-0.15, -0.1) is 0 Å². The molecule has 0 aliphatic heterocycles. The molecule has 3 N–H and O–H groups in total. The molecular formula is C12H14N2O3. The van der Waals surface area contributed by atoms with Gasteiger partial charge in [-0.3, -0.25) is 9.59 Å². The van der Waals surface area contributed by atoms with Gasteiger partial charge in [0, 0.05) is 6.04 Å². The number of benzene rings is 1. The predicted molar refractivity (Wildman–Crippen MR) is 61.6 cm³/mol. The summed E-state index contributed by atoms with van der Waals surface area (Å²) in [6, 6.07) is 6.50. The monoisotopic (exact) mass is 234 g/mol. The van der Waals surface area contributed by atoms with Gasteiger partial charge < -0.3 is 15.7 Å². The van der Waals surface area contributed by atoms with Crippen LogP contribution in [-0.4, -0.2) is 29.5 Å². The first kappa shape index (κ1) is 11.4. The molecule has 5 heteroatoms. The van der Waals surface area contributed by atoms with Gasteiger partial charge in [-0.2, -0.15) is 0 Å². The zero-order valence-electron chi connectivity index (χ0n) is 9.27. The highest BCUT2D eigenvalue weighted by atomic mass is 16.3. The van der Waals surface area contributed by atoms with E-state index in [2.05, 4.69) is 10.6 Å². The quantitative estimate of drug-likeness (QED) is 0.705. The molecule has 0 aromatic heterocycles. The molecule has 1 aliphatic rings. The maximum absolute atomic E-state index is 11.6. The zero-order chi connectivity index (χ0) is 12.3. The van der Waals surface area contributed by atoms with Crippen molar-refractivity contribution in [3.05, 3.63) is 29.8 Å². The lowest BCUT2D eigenvalue weighted by molar-refractivity contribution is -0.120. The molecule has 0 atom stereocenters. The van der Waals surface area contributed by atoms with Crippen LogP contribution >= 0.6 is 0 Å². The number of para-hydroxylation sites is 1. The number of carbonyl (C=O) groups excluding carboxylic acids is 2. The Morgan fingerprint density at radius 3 is 2.65 bits per heavy atom.